The van der Waals surface area contributed by atoms with Crippen molar-refractivity contribution in [3.8, 4) is 11.5 Å². The molecule has 4 heteroatoms. The molecule has 0 aliphatic carbocycles. The minimum Gasteiger partial charge on any atom is -0.494 e. The van der Waals surface area contributed by atoms with Crippen LogP contribution in [0, 0.1) is 0 Å². The Labute approximate surface area is 113 Å². The molecular formula is C15H20O4. The van der Waals surface area contributed by atoms with Gasteiger partial charge in [-0.1, -0.05) is 26.2 Å². The van der Waals surface area contributed by atoms with E-state index in [1.54, 1.807) is 12.1 Å². The summed E-state index contributed by atoms with van der Waals surface area (Å²) in [6.07, 6.45) is 4.52. The third-order valence-corrected chi connectivity index (χ3v) is 2.56. The van der Waals surface area contributed by atoms with Gasteiger partial charge in [-0.25, -0.2) is 0 Å². The summed E-state index contributed by atoms with van der Waals surface area (Å²) in [6.45, 7) is 4.04. The maximum absolute atomic E-state index is 11.6. The van der Waals surface area contributed by atoms with Crippen LogP contribution in [0.2, 0.25) is 0 Å². The molecule has 0 heterocycles. The van der Waals surface area contributed by atoms with E-state index in [4.69, 9.17) is 9.47 Å². The van der Waals surface area contributed by atoms with Gasteiger partial charge >= 0.3 is 5.97 Å². The number of rotatable bonds is 7. The molecule has 19 heavy (non-hydrogen) atoms. The lowest BCUT2D eigenvalue weighted by Crippen LogP contribution is -2.08. The molecule has 0 bridgehead atoms. The summed E-state index contributed by atoms with van der Waals surface area (Å²) >= 11 is 0. The summed E-state index contributed by atoms with van der Waals surface area (Å²) in [6, 6.07) is 6.04. The molecule has 0 N–H and O–H groups in total. The average Bonchev–Trinajstić information content (AvgIpc) is 2.53. The Hall–Kier alpha value is -1.84. The second-order valence-corrected chi connectivity index (χ2v) is 4.30. The molecule has 1 aromatic rings. The first-order valence-corrected chi connectivity index (χ1v) is 6.59. The Morgan fingerprint density at radius 1 is 1.11 bits per heavy atom. The SMILES string of the molecule is CCCCCCOc1ccc(OC(C)=O)c(=O)cc1. The van der Waals surface area contributed by atoms with Crippen molar-refractivity contribution >= 4 is 5.97 Å². The molecule has 0 aliphatic heterocycles. The smallest absolute Gasteiger partial charge is 0.308 e. The summed E-state index contributed by atoms with van der Waals surface area (Å²) in [5.41, 5.74) is -0.337. The van der Waals surface area contributed by atoms with Crippen LogP contribution in [0.3, 0.4) is 0 Å². The van der Waals surface area contributed by atoms with Crippen LogP contribution >= 0.6 is 0 Å². The van der Waals surface area contributed by atoms with E-state index < -0.39 is 5.97 Å². The van der Waals surface area contributed by atoms with Gasteiger partial charge in [-0.05, 0) is 30.7 Å². The Balaban J connectivity index is 2.59. The number of unbranched alkanes of at least 4 members (excludes halogenated alkanes) is 3. The minimum atomic E-state index is -0.509. The molecule has 0 amide bonds. The summed E-state index contributed by atoms with van der Waals surface area (Å²) in [5, 5.41) is 0. The molecule has 0 unspecified atom stereocenters. The highest BCUT2D eigenvalue weighted by atomic mass is 16.5. The van der Waals surface area contributed by atoms with Gasteiger partial charge in [-0.15, -0.1) is 0 Å². The highest BCUT2D eigenvalue weighted by Gasteiger charge is 2.02. The van der Waals surface area contributed by atoms with E-state index in [-0.39, 0.29) is 11.2 Å². The summed E-state index contributed by atoms with van der Waals surface area (Å²) in [4.78, 5) is 22.4. The van der Waals surface area contributed by atoms with Gasteiger partial charge in [-0.3, -0.25) is 9.59 Å². The van der Waals surface area contributed by atoms with Crippen LogP contribution in [-0.2, 0) is 4.79 Å². The highest BCUT2D eigenvalue weighted by molar-refractivity contribution is 5.69. The predicted octanol–water partition coefficient (Wildman–Crippen LogP) is 2.93. The van der Waals surface area contributed by atoms with Crippen LogP contribution in [-0.4, -0.2) is 12.6 Å². The second-order valence-electron chi connectivity index (χ2n) is 4.30. The Morgan fingerprint density at radius 2 is 1.84 bits per heavy atom. The summed E-state index contributed by atoms with van der Waals surface area (Å²) in [5.74, 6) is 0.116. The molecule has 0 saturated heterocycles. The van der Waals surface area contributed by atoms with Crippen molar-refractivity contribution in [2.75, 3.05) is 6.61 Å². The number of hydrogen-bond donors (Lipinski definition) is 0. The third kappa shape index (κ3) is 6.04. The largest absolute Gasteiger partial charge is 0.494 e. The second kappa shape index (κ2) is 8.29. The maximum atomic E-state index is 11.6. The van der Waals surface area contributed by atoms with Crippen molar-refractivity contribution in [2.45, 2.75) is 39.5 Å². The van der Waals surface area contributed by atoms with Crippen LogP contribution in [0.25, 0.3) is 0 Å². The molecule has 0 aromatic heterocycles. The fourth-order valence-electron chi connectivity index (χ4n) is 1.59. The molecular weight excluding hydrogens is 244 g/mol. The normalized spacial score (nSPS) is 10.0. The number of hydrogen-bond acceptors (Lipinski definition) is 4. The zero-order chi connectivity index (χ0) is 14.1. The monoisotopic (exact) mass is 264 g/mol. The van der Waals surface area contributed by atoms with Crippen molar-refractivity contribution < 1.29 is 14.3 Å². The molecule has 4 nitrogen and oxygen atoms in total. The molecule has 0 fully saturated rings. The molecule has 0 aliphatic rings. The van der Waals surface area contributed by atoms with Crippen molar-refractivity contribution in [2.24, 2.45) is 0 Å². The summed E-state index contributed by atoms with van der Waals surface area (Å²) < 4.78 is 10.4. The Morgan fingerprint density at radius 3 is 2.53 bits per heavy atom. The van der Waals surface area contributed by atoms with Crippen LogP contribution in [0.4, 0.5) is 0 Å². The van der Waals surface area contributed by atoms with Gasteiger partial charge in [0.25, 0.3) is 0 Å². The highest BCUT2D eigenvalue weighted by Crippen LogP contribution is 2.12. The molecule has 0 atom stereocenters. The van der Waals surface area contributed by atoms with E-state index in [0.29, 0.717) is 12.4 Å². The van der Waals surface area contributed by atoms with E-state index in [1.807, 2.05) is 0 Å². The Kier molecular flexibility index (Phi) is 6.64. The zero-order valence-corrected chi connectivity index (χ0v) is 11.5. The number of ether oxygens (including phenoxy) is 2. The van der Waals surface area contributed by atoms with Gasteiger partial charge < -0.3 is 9.47 Å². The van der Waals surface area contributed by atoms with Gasteiger partial charge in [0, 0.05) is 6.92 Å². The van der Waals surface area contributed by atoms with Crippen molar-refractivity contribution in [1.29, 1.82) is 0 Å². The van der Waals surface area contributed by atoms with Crippen molar-refractivity contribution in [3.63, 3.8) is 0 Å². The van der Waals surface area contributed by atoms with Crippen LogP contribution in [0.15, 0.2) is 29.1 Å². The number of carbonyl (C=O) groups is 1. The molecule has 104 valence electrons. The lowest BCUT2D eigenvalue weighted by molar-refractivity contribution is -0.131. The quantitative estimate of drug-likeness (QED) is 0.561. The standard InChI is InChI=1S/C15H20O4/c1-3-4-5-6-11-18-13-7-9-14(17)15(10-8-13)19-12(2)16/h7-10H,3-6,11H2,1-2H3. The van der Waals surface area contributed by atoms with Gasteiger partial charge in [-0.2, -0.15) is 0 Å². The maximum Gasteiger partial charge on any atom is 0.308 e. The number of carbonyl (C=O) groups excluding carboxylic acids is 1. The van der Waals surface area contributed by atoms with E-state index in [9.17, 15) is 9.59 Å². The summed E-state index contributed by atoms with van der Waals surface area (Å²) in [7, 11) is 0. The lowest BCUT2D eigenvalue weighted by Gasteiger charge is -2.03. The van der Waals surface area contributed by atoms with Gasteiger partial charge in [0.1, 0.15) is 5.75 Å². The first kappa shape index (κ1) is 15.2. The number of esters is 1. The Bertz CT molecular complexity index is 468. The van der Waals surface area contributed by atoms with Crippen molar-refractivity contribution in [3.05, 3.63) is 34.5 Å². The molecule has 0 spiro atoms. The van der Waals surface area contributed by atoms with Crippen LogP contribution < -0.4 is 14.9 Å². The average molecular weight is 264 g/mol. The molecule has 1 rings (SSSR count). The van der Waals surface area contributed by atoms with E-state index >= 15 is 0 Å². The first-order chi connectivity index (χ1) is 9.13. The van der Waals surface area contributed by atoms with E-state index in [2.05, 4.69) is 6.92 Å². The lowest BCUT2D eigenvalue weighted by atomic mass is 10.2. The third-order valence-electron chi connectivity index (χ3n) is 2.56. The van der Waals surface area contributed by atoms with Gasteiger partial charge in [0.2, 0.25) is 5.43 Å². The molecule has 0 saturated carbocycles. The van der Waals surface area contributed by atoms with Gasteiger partial charge in [0.05, 0.1) is 6.61 Å². The fourth-order valence-corrected chi connectivity index (χ4v) is 1.59. The fraction of sp³-hybridized carbons (Fsp3) is 0.467. The van der Waals surface area contributed by atoms with Crippen LogP contribution in [0.5, 0.6) is 11.5 Å². The molecule has 1 aromatic carbocycles. The van der Waals surface area contributed by atoms with E-state index in [0.717, 1.165) is 12.8 Å². The van der Waals surface area contributed by atoms with Crippen LogP contribution in [0.1, 0.15) is 39.5 Å². The van der Waals surface area contributed by atoms with Gasteiger partial charge in [0.15, 0.2) is 5.75 Å². The minimum absolute atomic E-state index is 0.0216. The zero-order valence-electron chi connectivity index (χ0n) is 11.5. The first-order valence-electron chi connectivity index (χ1n) is 6.59. The van der Waals surface area contributed by atoms with Crippen molar-refractivity contribution in [1.82, 2.24) is 0 Å². The topological polar surface area (TPSA) is 52.6 Å². The predicted molar refractivity (Wildman–Crippen MR) is 73.7 cm³/mol. The molecule has 0 radical (unpaired) electrons. The van der Waals surface area contributed by atoms with E-state index in [1.165, 1.54) is 31.9 Å².